The molecule has 0 spiro atoms. The minimum atomic E-state index is -0.482. The standard InChI is InChI=1S/C14H16BN2O3/c18-11-8-10-12(13(19)17-11)20-14(16-10)15-9-6-4-2-1-3-5-7-9/h1-2,9H,3-8H2,(H,17,18,19)/b2-1-. The van der Waals surface area contributed by atoms with E-state index >= 15 is 0 Å². The van der Waals surface area contributed by atoms with Crippen LogP contribution in [0.4, 0.5) is 0 Å². The average Bonchev–Trinajstić information content (AvgIpc) is 2.75. The Morgan fingerprint density at radius 1 is 1.25 bits per heavy atom. The van der Waals surface area contributed by atoms with E-state index in [1.165, 1.54) is 0 Å². The number of nitrogens with zero attached hydrogens (tertiary/aromatic N) is 1. The van der Waals surface area contributed by atoms with Gasteiger partial charge in [0, 0.05) is 0 Å². The van der Waals surface area contributed by atoms with Crippen LogP contribution in [0.15, 0.2) is 16.6 Å². The van der Waals surface area contributed by atoms with Crippen molar-refractivity contribution < 1.29 is 14.0 Å². The normalized spacial score (nSPS) is 24.3. The topological polar surface area (TPSA) is 72.2 Å². The van der Waals surface area contributed by atoms with Crippen LogP contribution in [0.25, 0.3) is 0 Å². The number of hydrogen-bond donors (Lipinski definition) is 1. The van der Waals surface area contributed by atoms with Crippen molar-refractivity contribution in [2.75, 3.05) is 0 Å². The number of imide groups is 1. The van der Waals surface area contributed by atoms with Gasteiger partial charge in [0.15, 0.2) is 0 Å². The Balaban J connectivity index is 1.72. The van der Waals surface area contributed by atoms with E-state index in [4.69, 9.17) is 4.42 Å². The fourth-order valence-electron chi connectivity index (χ4n) is 2.67. The van der Waals surface area contributed by atoms with Crippen molar-refractivity contribution in [3.05, 3.63) is 23.6 Å². The number of hydrogen-bond acceptors (Lipinski definition) is 4. The summed E-state index contributed by atoms with van der Waals surface area (Å²) in [5, 5.41) is 2.24. The van der Waals surface area contributed by atoms with Gasteiger partial charge in [-0.2, -0.15) is 0 Å². The largest absolute Gasteiger partial charge is 0.446 e. The van der Waals surface area contributed by atoms with Gasteiger partial charge in [-0.05, 0) is 12.8 Å². The summed E-state index contributed by atoms with van der Waals surface area (Å²) in [6.07, 6.45) is 10.0. The Kier molecular flexibility index (Phi) is 3.71. The molecule has 103 valence electrons. The van der Waals surface area contributed by atoms with Gasteiger partial charge < -0.3 is 4.42 Å². The number of nitrogens with one attached hydrogen (secondary N) is 1. The minimum Gasteiger partial charge on any atom is -0.446 e. The lowest BCUT2D eigenvalue weighted by molar-refractivity contribution is -0.119. The first kappa shape index (κ1) is 13.2. The Hall–Kier alpha value is -1.85. The molecular weight excluding hydrogens is 255 g/mol. The molecule has 0 aromatic carbocycles. The highest BCUT2D eigenvalue weighted by molar-refractivity contribution is 6.52. The van der Waals surface area contributed by atoms with E-state index in [1.807, 2.05) is 7.28 Å². The highest BCUT2D eigenvalue weighted by Gasteiger charge is 2.29. The van der Waals surface area contributed by atoms with Crippen molar-refractivity contribution in [1.29, 1.82) is 0 Å². The van der Waals surface area contributed by atoms with Crippen LogP contribution in [0.5, 0.6) is 0 Å². The monoisotopic (exact) mass is 271 g/mol. The number of carbonyl (C=O) groups excluding carboxylic acids is 2. The van der Waals surface area contributed by atoms with Gasteiger partial charge in [0.1, 0.15) is 11.5 Å². The van der Waals surface area contributed by atoms with Gasteiger partial charge in [0.05, 0.1) is 6.42 Å². The molecule has 0 fully saturated rings. The van der Waals surface area contributed by atoms with E-state index in [9.17, 15) is 9.59 Å². The van der Waals surface area contributed by atoms with Crippen LogP contribution in [0.1, 0.15) is 48.4 Å². The van der Waals surface area contributed by atoms with Crippen molar-refractivity contribution in [3.8, 4) is 0 Å². The molecule has 1 atom stereocenters. The number of oxazole rings is 1. The molecule has 20 heavy (non-hydrogen) atoms. The average molecular weight is 271 g/mol. The Labute approximate surface area is 118 Å². The molecule has 1 aromatic rings. The summed E-state index contributed by atoms with van der Waals surface area (Å²) in [5.41, 5.74) is 0.454. The van der Waals surface area contributed by atoms with E-state index in [0.717, 1.165) is 32.1 Å². The predicted molar refractivity (Wildman–Crippen MR) is 74.0 cm³/mol. The Bertz CT molecular complexity index is 565. The Morgan fingerprint density at radius 2 is 2.10 bits per heavy atom. The van der Waals surface area contributed by atoms with Gasteiger partial charge in [-0.1, -0.05) is 37.2 Å². The highest BCUT2D eigenvalue weighted by atomic mass is 16.4. The quantitative estimate of drug-likeness (QED) is 0.497. The molecule has 1 aliphatic carbocycles. The molecule has 1 N–H and O–H groups in total. The predicted octanol–water partition coefficient (Wildman–Crippen LogP) is 1.13. The minimum absolute atomic E-state index is 0.117. The SMILES string of the molecule is O=C1Cc2nc([B]C3CC/C=C\CCC3)oc2C(=O)N1. The Morgan fingerprint density at radius 3 is 3.00 bits per heavy atom. The molecule has 1 unspecified atom stereocenters. The zero-order valence-corrected chi connectivity index (χ0v) is 11.2. The smallest absolute Gasteiger partial charge is 0.295 e. The van der Waals surface area contributed by atoms with Crippen LogP contribution in [0.2, 0.25) is 5.82 Å². The number of rotatable bonds is 2. The number of carbonyl (C=O) groups is 2. The van der Waals surface area contributed by atoms with Gasteiger partial charge in [0.2, 0.25) is 18.9 Å². The lowest BCUT2D eigenvalue weighted by atomic mass is 9.60. The maximum atomic E-state index is 11.6. The summed E-state index contributed by atoms with van der Waals surface area (Å²) in [6.45, 7) is 0. The summed E-state index contributed by atoms with van der Waals surface area (Å²) in [6, 6.07) is 0. The number of aromatic nitrogens is 1. The molecule has 5 nitrogen and oxygen atoms in total. The van der Waals surface area contributed by atoms with E-state index in [2.05, 4.69) is 22.5 Å². The lowest BCUT2D eigenvalue weighted by Crippen LogP contribution is -2.36. The summed E-state index contributed by atoms with van der Waals surface area (Å²) in [4.78, 5) is 27.2. The molecule has 3 rings (SSSR count). The second-order valence-corrected chi connectivity index (χ2v) is 5.29. The molecule has 2 amide bonds. The van der Waals surface area contributed by atoms with Gasteiger partial charge >= 0.3 is 0 Å². The summed E-state index contributed by atoms with van der Waals surface area (Å²) in [5.74, 6) is 0.261. The van der Waals surface area contributed by atoms with E-state index in [0.29, 0.717) is 17.3 Å². The van der Waals surface area contributed by atoms with Gasteiger partial charge in [-0.15, -0.1) is 0 Å². The zero-order chi connectivity index (χ0) is 13.9. The van der Waals surface area contributed by atoms with Crippen molar-refractivity contribution in [1.82, 2.24) is 10.3 Å². The molecule has 0 bridgehead atoms. The first-order valence-electron chi connectivity index (χ1n) is 7.06. The van der Waals surface area contributed by atoms with Gasteiger partial charge in [-0.3, -0.25) is 14.9 Å². The molecule has 0 saturated carbocycles. The molecular formula is C14H16BN2O3. The third-order valence-corrected chi connectivity index (χ3v) is 3.70. The van der Waals surface area contributed by atoms with Crippen LogP contribution in [-0.2, 0) is 11.2 Å². The van der Waals surface area contributed by atoms with E-state index in [-0.39, 0.29) is 18.1 Å². The molecule has 1 aliphatic heterocycles. The fourth-order valence-corrected chi connectivity index (χ4v) is 2.67. The summed E-state index contributed by atoms with van der Waals surface area (Å²) >= 11 is 0. The first-order valence-corrected chi connectivity index (χ1v) is 7.06. The van der Waals surface area contributed by atoms with Crippen LogP contribution in [0, 0.1) is 0 Å². The van der Waals surface area contributed by atoms with Crippen molar-refractivity contribution >= 4 is 24.9 Å². The molecule has 1 radical (unpaired) electrons. The van der Waals surface area contributed by atoms with Crippen LogP contribution in [0.3, 0.4) is 0 Å². The molecule has 2 heterocycles. The summed E-state index contributed by atoms with van der Waals surface area (Å²) in [7, 11) is 2.00. The second-order valence-electron chi connectivity index (χ2n) is 5.29. The third kappa shape index (κ3) is 2.84. The van der Waals surface area contributed by atoms with Crippen molar-refractivity contribution in [2.24, 2.45) is 0 Å². The van der Waals surface area contributed by atoms with Crippen molar-refractivity contribution in [3.63, 3.8) is 0 Å². The van der Waals surface area contributed by atoms with E-state index < -0.39 is 5.91 Å². The van der Waals surface area contributed by atoms with Crippen molar-refractivity contribution in [2.45, 2.75) is 44.3 Å². The van der Waals surface area contributed by atoms with Crippen LogP contribution < -0.4 is 11.1 Å². The maximum absolute atomic E-state index is 11.6. The molecule has 0 saturated heterocycles. The lowest BCUT2D eigenvalue weighted by Gasteiger charge is -2.14. The molecule has 1 aromatic heterocycles. The third-order valence-electron chi connectivity index (χ3n) is 3.70. The highest BCUT2D eigenvalue weighted by Crippen LogP contribution is 2.23. The van der Waals surface area contributed by atoms with Crippen LogP contribution >= 0.6 is 0 Å². The number of allylic oxidation sites excluding steroid dienone is 2. The van der Waals surface area contributed by atoms with Gasteiger partial charge in [0.25, 0.3) is 5.91 Å². The van der Waals surface area contributed by atoms with Gasteiger partial charge in [-0.25, -0.2) is 4.98 Å². The summed E-state index contributed by atoms with van der Waals surface area (Å²) < 4.78 is 5.49. The zero-order valence-electron chi connectivity index (χ0n) is 11.2. The number of fused-ring (bicyclic) bond motifs is 1. The fraction of sp³-hybridized carbons (Fsp3) is 0.500. The van der Waals surface area contributed by atoms with E-state index in [1.54, 1.807) is 0 Å². The molecule has 6 heteroatoms. The first-order chi connectivity index (χ1) is 9.72. The second kappa shape index (κ2) is 5.65. The molecule has 2 aliphatic rings. The number of amides is 2. The maximum Gasteiger partial charge on any atom is 0.295 e. The van der Waals surface area contributed by atoms with Crippen LogP contribution in [-0.4, -0.2) is 24.1 Å².